The number of rotatable bonds is 4. The molecule has 0 amide bonds. The number of pyridine rings is 1. The molecule has 154 valence electrons. The molecule has 4 rings (SSSR count). The van der Waals surface area contributed by atoms with E-state index in [0.717, 1.165) is 44.7 Å². The number of benzene rings is 2. The quantitative estimate of drug-likeness (QED) is 0.485. The molecule has 0 saturated carbocycles. The number of anilines is 1. The fraction of sp³-hybridized carbons (Fsp3) is 0.208. The molecule has 0 aliphatic heterocycles. The summed E-state index contributed by atoms with van der Waals surface area (Å²) in [4.78, 5) is 4.99. The van der Waals surface area contributed by atoms with Crippen molar-refractivity contribution in [1.82, 2.24) is 9.38 Å². The molecule has 0 atom stereocenters. The molecule has 0 unspecified atom stereocenters. The molecule has 0 aliphatic rings. The van der Waals surface area contributed by atoms with Crippen LogP contribution in [-0.2, 0) is 10.0 Å². The molecule has 2 heterocycles. The molecular weight excluding hydrogens is 394 g/mol. The molecule has 0 bridgehead atoms. The SMILES string of the molecule is Cc1ccn2cc(-c3ccc(C)c(NS(=O)(=O)c4cc(C)c(C)cc4C)c3)nc2c1. The van der Waals surface area contributed by atoms with Crippen LogP contribution in [0.3, 0.4) is 0 Å². The molecule has 0 radical (unpaired) electrons. The Labute approximate surface area is 177 Å². The second kappa shape index (κ2) is 7.29. The van der Waals surface area contributed by atoms with Crippen LogP contribution < -0.4 is 4.72 Å². The van der Waals surface area contributed by atoms with Crippen molar-refractivity contribution >= 4 is 21.4 Å². The summed E-state index contributed by atoms with van der Waals surface area (Å²) in [6, 6.07) is 13.4. The first-order valence-electron chi connectivity index (χ1n) is 9.81. The second-order valence-corrected chi connectivity index (χ2v) is 9.58. The fourth-order valence-electron chi connectivity index (χ4n) is 3.54. The third-order valence-electron chi connectivity index (χ3n) is 5.47. The van der Waals surface area contributed by atoms with Crippen molar-refractivity contribution in [2.75, 3.05) is 4.72 Å². The molecule has 0 spiro atoms. The zero-order valence-corrected chi connectivity index (χ0v) is 18.6. The predicted molar refractivity (Wildman–Crippen MR) is 122 cm³/mol. The van der Waals surface area contributed by atoms with E-state index in [1.54, 1.807) is 6.07 Å². The molecule has 0 saturated heterocycles. The van der Waals surface area contributed by atoms with Gasteiger partial charge in [-0.1, -0.05) is 18.2 Å². The molecule has 6 heteroatoms. The predicted octanol–water partition coefficient (Wildman–Crippen LogP) is 5.34. The van der Waals surface area contributed by atoms with E-state index in [1.165, 1.54) is 0 Å². The molecule has 2 aromatic heterocycles. The lowest BCUT2D eigenvalue weighted by molar-refractivity contribution is 0.600. The molecule has 0 fully saturated rings. The maximum Gasteiger partial charge on any atom is 0.262 e. The van der Waals surface area contributed by atoms with E-state index in [9.17, 15) is 8.42 Å². The lowest BCUT2D eigenvalue weighted by Crippen LogP contribution is -2.15. The van der Waals surface area contributed by atoms with Crippen LogP contribution in [0.25, 0.3) is 16.9 Å². The summed E-state index contributed by atoms with van der Waals surface area (Å²) in [6.07, 6.45) is 3.92. The third-order valence-corrected chi connectivity index (χ3v) is 6.98. The number of imidazole rings is 1. The summed E-state index contributed by atoms with van der Waals surface area (Å²) in [5.41, 5.74) is 7.81. The molecule has 4 aromatic rings. The van der Waals surface area contributed by atoms with Gasteiger partial charge in [-0.05, 0) is 86.7 Å². The maximum absolute atomic E-state index is 13.1. The minimum Gasteiger partial charge on any atom is -0.306 e. The van der Waals surface area contributed by atoms with E-state index in [2.05, 4.69) is 4.72 Å². The van der Waals surface area contributed by atoms with Gasteiger partial charge in [-0.25, -0.2) is 13.4 Å². The van der Waals surface area contributed by atoms with Crippen LogP contribution in [0.5, 0.6) is 0 Å². The summed E-state index contributed by atoms with van der Waals surface area (Å²) >= 11 is 0. The van der Waals surface area contributed by atoms with Crippen LogP contribution in [-0.4, -0.2) is 17.8 Å². The van der Waals surface area contributed by atoms with E-state index in [1.807, 2.05) is 87.8 Å². The largest absolute Gasteiger partial charge is 0.306 e. The van der Waals surface area contributed by atoms with Crippen molar-refractivity contribution in [3.8, 4) is 11.3 Å². The van der Waals surface area contributed by atoms with Gasteiger partial charge in [0.25, 0.3) is 10.0 Å². The number of nitrogens with one attached hydrogen (secondary N) is 1. The molecule has 0 aliphatic carbocycles. The number of hydrogen-bond acceptors (Lipinski definition) is 3. The van der Waals surface area contributed by atoms with Crippen molar-refractivity contribution in [3.63, 3.8) is 0 Å². The highest BCUT2D eigenvalue weighted by Crippen LogP contribution is 2.28. The van der Waals surface area contributed by atoms with Crippen LogP contribution in [0.1, 0.15) is 27.8 Å². The highest BCUT2D eigenvalue weighted by atomic mass is 32.2. The van der Waals surface area contributed by atoms with E-state index in [0.29, 0.717) is 10.6 Å². The van der Waals surface area contributed by atoms with Crippen LogP contribution in [0.2, 0.25) is 0 Å². The Morgan fingerprint density at radius 1 is 0.833 bits per heavy atom. The number of aryl methyl sites for hydroxylation is 5. The monoisotopic (exact) mass is 419 g/mol. The number of sulfonamides is 1. The average molecular weight is 420 g/mol. The molecular formula is C24H25N3O2S. The maximum atomic E-state index is 13.1. The Balaban J connectivity index is 1.74. The Hall–Kier alpha value is -3.12. The molecule has 2 aromatic carbocycles. The summed E-state index contributed by atoms with van der Waals surface area (Å²) in [5, 5.41) is 0. The zero-order valence-electron chi connectivity index (χ0n) is 17.8. The number of aromatic nitrogens is 2. The highest BCUT2D eigenvalue weighted by Gasteiger charge is 2.19. The van der Waals surface area contributed by atoms with Gasteiger partial charge in [0.05, 0.1) is 16.3 Å². The lowest BCUT2D eigenvalue weighted by atomic mass is 10.1. The first kappa shape index (κ1) is 20.2. The molecule has 1 N–H and O–H groups in total. The molecule has 5 nitrogen and oxygen atoms in total. The van der Waals surface area contributed by atoms with Crippen molar-refractivity contribution < 1.29 is 8.42 Å². The average Bonchev–Trinajstić information content (AvgIpc) is 3.09. The number of hydrogen-bond donors (Lipinski definition) is 1. The van der Waals surface area contributed by atoms with Crippen molar-refractivity contribution in [3.05, 3.63) is 82.7 Å². The van der Waals surface area contributed by atoms with Gasteiger partial charge < -0.3 is 4.40 Å². The van der Waals surface area contributed by atoms with Crippen LogP contribution in [0, 0.1) is 34.6 Å². The third kappa shape index (κ3) is 3.71. The van der Waals surface area contributed by atoms with E-state index in [4.69, 9.17) is 4.98 Å². The summed E-state index contributed by atoms with van der Waals surface area (Å²) in [6.45, 7) is 9.65. The van der Waals surface area contributed by atoms with Gasteiger partial charge in [0.15, 0.2) is 0 Å². The lowest BCUT2D eigenvalue weighted by Gasteiger charge is -2.15. The summed E-state index contributed by atoms with van der Waals surface area (Å²) in [5.74, 6) is 0. The number of nitrogens with zero attached hydrogens (tertiary/aromatic N) is 2. The Kier molecular flexibility index (Phi) is 4.90. The van der Waals surface area contributed by atoms with Crippen LogP contribution in [0.15, 0.2) is 59.8 Å². The summed E-state index contributed by atoms with van der Waals surface area (Å²) < 4.78 is 31.0. The van der Waals surface area contributed by atoms with Gasteiger partial charge in [0.2, 0.25) is 0 Å². The Bertz CT molecular complexity index is 1390. The van der Waals surface area contributed by atoms with Crippen molar-refractivity contribution in [1.29, 1.82) is 0 Å². The van der Waals surface area contributed by atoms with Crippen LogP contribution >= 0.6 is 0 Å². The van der Waals surface area contributed by atoms with Crippen LogP contribution in [0.4, 0.5) is 5.69 Å². The van der Waals surface area contributed by atoms with Gasteiger partial charge in [-0.3, -0.25) is 4.72 Å². The second-order valence-electron chi connectivity index (χ2n) is 7.93. The normalized spacial score (nSPS) is 11.8. The standard InChI is InChI=1S/C24H25N3O2S/c1-15-8-9-27-14-22(25-24(27)10-15)20-7-6-16(2)21(13-20)26-30(28,29)23-12-18(4)17(3)11-19(23)5/h6-14,26H,1-5H3. The van der Waals surface area contributed by atoms with Gasteiger partial charge in [0.1, 0.15) is 5.65 Å². The zero-order chi connectivity index (χ0) is 21.6. The van der Waals surface area contributed by atoms with Crippen molar-refractivity contribution in [2.24, 2.45) is 0 Å². The van der Waals surface area contributed by atoms with Gasteiger partial charge in [-0.2, -0.15) is 0 Å². The van der Waals surface area contributed by atoms with Crippen molar-refractivity contribution in [2.45, 2.75) is 39.5 Å². The number of fused-ring (bicyclic) bond motifs is 1. The Morgan fingerprint density at radius 2 is 1.57 bits per heavy atom. The van der Waals surface area contributed by atoms with Gasteiger partial charge in [0, 0.05) is 18.0 Å². The van der Waals surface area contributed by atoms with E-state index in [-0.39, 0.29) is 0 Å². The smallest absolute Gasteiger partial charge is 0.262 e. The first-order valence-corrected chi connectivity index (χ1v) is 11.3. The van der Waals surface area contributed by atoms with E-state index >= 15 is 0 Å². The first-order chi connectivity index (χ1) is 14.1. The topological polar surface area (TPSA) is 63.5 Å². The van der Waals surface area contributed by atoms with E-state index < -0.39 is 10.0 Å². The summed E-state index contributed by atoms with van der Waals surface area (Å²) in [7, 11) is -3.71. The molecule has 30 heavy (non-hydrogen) atoms. The minimum atomic E-state index is -3.71. The van der Waals surface area contributed by atoms with Gasteiger partial charge in [-0.15, -0.1) is 0 Å². The minimum absolute atomic E-state index is 0.304. The fourth-order valence-corrected chi connectivity index (χ4v) is 4.97. The van der Waals surface area contributed by atoms with Gasteiger partial charge >= 0.3 is 0 Å². The highest BCUT2D eigenvalue weighted by molar-refractivity contribution is 7.92. The Morgan fingerprint density at radius 3 is 2.33 bits per heavy atom.